The van der Waals surface area contributed by atoms with Crippen molar-refractivity contribution in [3.8, 4) is 5.75 Å². The number of amides is 2. The fourth-order valence-corrected chi connectivity index (χ4v) is 3.42. The largest absolute Gasteiger partial charge is 0.497 e. The van der Waals surface area contributed by atoms with Gasteiger partial charge in [-0.25, -0.2) is 4.79 Å². The second-order valence-electron chi connectivity index (χ2n) is 6.62. The summed E-state index contributed by atoms with van der Waals surface area (Å²) in [5.74, 6) is 1.42. The first-order chi connectivity index (χ1) is 11.2. The number of aliphatic hydroxyl groups excluding tert-OH is 1. The quantitative estimate of drug-likeness (QED) is 0.845. The zero-order valence-electron chi connectivity index (χ0n) is 13.7. The van der Waals surface area contributed by atoms with Gasteiger partial charge in [-0.3, -0.25) is 0 Å². The average molecular weight is 318 g/mol. The average Bonchev–Trinajstić information content (AvgIpc) is 3.31. The number of hydrogen-bond acceptors (Lipinski definition) is 3. The Labute approximate surface area is 137 Å². The van der Waals surface area contributed by atoms with Crippen molar-refractivity contribution >= 4 is 6.03 Å². The van der Waals surface area contributed by atoms with Crippen molar-refractivity contribution in [3.05, 3.63) is 29.8 Å². The van der Waals surface area contributed by atoms with Crippen LogP contribution in [0.25, 0.3) is 0 Å². The summed E-state index contributed by atoms with van der Waals surface area (Å²) >= 11 is 0. The molecule has 5 nitrogen and oxygen atoms in total. The van der Waals surface area contributed by atoms with Gasteiger partial charge in [0.1, 0.15) is 5.75 Å². The molecule has 1 aromatic rings. The number of methoxy groups -OCH3 is 1. The van der Waals surface area contributed by atoms with Crippen molar-refractivity contribution in [1.82, 2.24) is 10.2 Å². The van der Waals surface area contributed by atoms with Crippen molar-refractivity contribution in [2.45, 2.75) is 44.2 Å². The Bertz CT molecular complexity index is 545. The molecule has 1 heterocycles. The Hall–Kier alpha value is -1.75. The number of ether oxygens (including phenoxy) is 1. The van der Waals surface area contributed by atoms with Crippen LogP contribution in [0.5, 0.6) is 5.75 Å². The van der Waals surface area contributed by atoms with E-state index in [-0.39, 0.29) is 24.7 Å². The molecule has 2 amide bonds. The predicted molar refractivity (Wildman–Crippen MR) is 88.6 cm³/mol. The van der Waals surface area contributed by atoms with Gasteiger partial charge in [-0.1, -0.05) is 12.1 Å². The molecule has 1 aliphatic heterocycles. The summed E-state index contributed by atoms with van der Waals surface area (Å²) in [6.45, 7) is 0.797. The lowest BCUT2D eigenvalue weighted by Crippen LogP contribution is -2.49. The van der Waals surface area contributed by atoms with Gasteiger partial charge in [0, 0.05) is 12.6 Å². The maximum atomic E-state index is 12.5. The van der Waals surface area contributed by atoms with Crippen LogP contribution in [0, 0.1) is 5.92 Å². The molecule has 2 atom stereocenters. The second-order valence-corrected chi connectivity index (χ2v) is 6.62. The Balaban J connectivity index is 1.63. The molecule has 2 fully saturated rings. The first-order valence-corrected chi connectivity index (χ1v) is 8.52. The summed E-state index contributed by atoms with van der Waals surface area (Å²) < 4.78 is 5.28. The van der Waals surface area contributed by atoms with Crippen molar-refractivity contribution in [2.75, 3.05) is 20.3 Å². The monoisotopic (exact) mass is 318 g/mol. The van der Waals surface area contributed by atoms with E-state index in [0.29, 0.717) is 5.92 Å². The van der Waals surface area contributed by atoms with Gasteiger partial charge < -0.3 is 20.1 Å². The number of carbonyl (C=O) groups is 1. The molecule has 0 aromatic heterocycles. The van der Waals surface area contributed by atoms with E-state index in [0.717, 1.165) is 31.6 Å². The molecule has 1 aliphatic carbocycles. The molecule has 1 saturated heterocycles. The van der Waals surface area contributed by atoms with E-state index in [2.05, 4.69) is 11.4 Å². The van der Waals surface area contributed by atoms with Crippen LogP contribution in [0.2, 0.25) is 0 Å². The molecule has 0 radical (unpaired) electrons. The van der Waals surface area contributed by atoms with E-state index in [4.69, 9.17) is 4.74 Å². The summed E-state index contributed by atoms with van der Waals surface area (Å²) in [6, 6.07) is 8.15. The number of rotatable bonds is 6. The summed E-state index contributed by atoms with van der Waals surface area (Å²) in [6.07, 6.45) is 5.05. The Morgan fingerprint density at radius 2 is 2.26 bits per heavy atom. The summed E-state index contributed by atoms with van der Waals surface area (Å²) in [7, 11) is 1.67. The minimum atomic E-state index is -0.0265. The normalized spacial score (nSPS) is 22.0. The van der Waals surface area contributed by atoms with E-state index in [1.54, 1.807) is 12.0 Å². The van der Waals surface area contributed by atoms with Crippen molar-refractivity contribution < 1.29 is 14.6 Å². The number of benzene rings is 1. The summed E-state index contributed by atoms with van der Waals surface area (Å²) in [5, 5.41) is 12.6. The van der Waals surface area contributed by atoms with E-state index < -0.39 is 0 Å². The van der Waals surface area contributed by atoms with E-state index in [1.807, 2.05) is 18.2 Å². The third kappa shape index (κ3) is 3.96. The molecule has 5 heteroatoms. The Morgan fingerprint density at radius 3 is 2.96 bits per heavy atom. The molecule has 0 bridgehead atoms. The Kier molecular flexibility index (Phi) is 5.06. The second kappa shape index (κ2) is 7.21. The van der Waals surface area contributed by atoms with Gasteiger partial charge in [0.15, 0.2) is 0 Å². The highest BCUT2D eigenvalue weighted by molar-refractivity contribution is 5.75. The zero-order valence-corrected chi connectivity index (χ0v) is 13.7. The number of likely N-dealkylation sites (tertiary alicyclic amines) is 1. The van der Waals surface area contributed by atoms with Gasteiger partial charge in [0.2, 0.25) is 0 Å². The smallest absolute Gasteiger partial charge is 0.317 e. The molecule has 1 aromatic carbocycles. The first kappa shape index (κ1) is 16.1. The highest BCUT2D eigenvalue weighted by atomic mass is 16.5. The maximum absolute atomic E-state index is 12.5. The van der Waals surface area contributed by atoms with Gasteiger partial charge in [0.25, 0.3) is 0 Å². The molecule has 126 valence electrons. The number of aliphatic hydroxyl groups is 1. The fourth-order valence-electron chi connectivity index (χ4n) is 3.42. The van der Waals surface area contributed by atoms with Gasteiger partial charge >= 0.3 is 6.03 Å². The van der Waals surface area contributed by atoms with Crippen LogP contribution in [-0.2, 0) is 6.42 Å². The van der Waals surface area contributed by atoms with Crippen LogP contribution in [0.3, 0.4) is 0 Å². The SMILES string of the molecule is COc1cccc(CC(NC(=O)N2CCCC2CO)C2CC2)c1. The summed E-state index contributed by atoms with van der Waals surface area (Å²) in [5.41, 5.74) is 1.18. The van der Waals surface area contributed by atoms with Crippen molar-refractivity contribution in [3.63, 3.8) is 0 Å². The van der Waals surface area contributed by atoms with Gasteiger partial charge in [-0.05, 0) is 55.7 Å². The van der Waals surface area contributed by atoms with Gasteiger partial charge in [0.05, 0.1) is 19.8 Å². The lowest BCUT2D eigenvalue weighted by Gasteiger charge is -2.27. The fraction of sp³-hybridized carbons (Fsp3) is 0.611. The number of hydrogen-bond donors (Lipinski definition) is 2. The minimum absolute atomic E-state index is 0.0216. The molecule has 1 saturated carbocycles. The number of carbonyl (C=O) groups excluding carboxylic acids is 1. The lowest BCUT2D eigenvalue weighted by molar-refractivity contribution is 0.153. The highest BCUT2D eigenvalue weighted by Crippen LogP contribution is 2.34. The van der Waals surface area contributed by atoms with Gasteiger partial charge in [-0.2, -0.15) is 0 Å². The van der Waals surface area contributed by atoms with E-state index in [1.165, 1.54) is 18.4 Å². The standard InChI is InChI=1S/C18H26N2O3/c1-23-16-6-2-4-13(10-16)11-17(14-7-8-14)19-18(22)20-9-3-5-15(20)12-21/h2,4,6,10,14-15,17,21H,3,5,7-9,11-12H2,1H3,(H,19,22). The van der Waals surface area contributed by atoms with Crippen LogP contribution in [0.1, 0.15) is 31.2 Å². The van der Waals surface area contributed by atoms with Crippen LogP contribution in [0.4, 0.5) is 4.79 Å². The topological polar surface area (TPSA) is 61.8 Å². The third-order valence-corrected chi connectivity index (χ3v) is 4.94. The highest BCUT2D eigenvalue weighted by Gasteiger charge is 2.35. The van der Waals surface area contributed by atoms with Crippen LogP contribution in [-0.4, -0.2) is 48.4 Å². The maximum Gasteiger partial charge on any atom is 0.317 e. The van der Waals surface area contributed by atoms with E-state index in [9.17, 15) is 9.90 Å². The van der Waals surface area contributed by atoms with Gasteiger partial charge in [-0.15, -0.1) is 0 Å². The number of nitrogens with zero attached hydrogens (tertiary/aromatic N) is 1. The molecule has 2 unspecified atom stereocenters. The first-order valence-electron chi connectivity index (χ1n) is 8.52. The Morgan fingerprint density at radius 1 is 1.43 bits per heavy atom. The van der Waals surface area contributed by atoms with Crippen molar-refractivity contribution in [2.24, 2.45) is 5.92 Å². The van der Waals surface area contributed by atoms with Crippen molar-refractivity contribution in [1.29, 1.82) is 0 Å². The molecule has 0 spiro atoms. The molecule has 2 N–H and O–H groups in total. The molecule has 2 aliphatic rings. The molecule has 23 heavy (non-hydrogen) atoms. The lowest BCUT2D eigenvalue weighted by atomic mass is 10.0. The predicted octanol–water partition coefficient (Wildman–Crippen LogP) is 2.18. The van der Waals surface area contributed by atoms with Crippen LogP contribution in [0.15, 0.2) is 24.3 Å². The van der Waals surface area contributed by atoms with E-state index >= 15 is 0 Å². The number of nitrogens with one attached hydrogen (secondary N) is 1. The minimum Gasteiger partial charge on any atom is -0.497 e. The molecule has 3 rings (SSSR count). The third-order valence-electron chi connectivity index (χ3n) is 4.94. The zero-order chi connectivity index (χ0) is 16.2. The molecular formula is C18H26N2O3. The molecular weight excluding hydrogens is 292 g/mol. The number of urea groups is 1. The van der Waals surface area contributed by atoms with Crippen LogP contribution >= 0.6 is 0 Å². The van der Waals surface area contributed by atoms with Crippen LogP contribution < -0.4 is 10.1 Å². The summed E-state index contributed by atoms with van der Waals surface area (Å²) in [4.78, 5) is 14.3.